The van der Waals surface area contributed by atoms with Crippen molar-refractivity contribution in [3.63, 3.8) is 0 Å². The summed E-state index contributed by atoms with van der Waals surface area (Å²) in [6.07, 6.45) is 9.51. The smallest absolute Gasteiger partial charge is 0.132 e. The normalized spacial score (nSPS) is 15.4. The van der Waals surface area contributed by atoms with E-state index in [9.17, 15) is 0 Å². The van der Waals surface area contributed by atoms with Gasteiger partial charge in [-0.15, -0.1) is 0 Å². The molecule has 0 radical (unpaired) electrons. The minimum Gasteiger partial charge on any atom is -0.356 e. The van der Waals surface area contributed by atoms with Gasteiger partial charge in [0, 0.05) is 38.4 Å². The SMILES string of the molecule is Cc1nccc(N2CCC(c3cncc(-c4cnc(C)n4C)n3)CC2)n1. The molecular weight excluding hydrogens is 326 g/mol. The molecule has 0 atom stereocenters. The zero-order chi connectivity index (χ0) is 18.1. The molecule has 0 bridgehead atoms. The summed E-state index contributed by atoms with van der Waals surface area (Å²) >= 11 is 0. The van der Waals surface area contributed by atoms with E-state index in [2.05, 4.69) is 24.8 Å². The summed E-state index contributed by atoms with van der Waals surface area (Å²) in [6, 6.07) is 1.98. The molecule has 134 valence electrons. The van der Waals surface area contributed by atoms with Gasteiger partial charge in [0.25, 0.3) is 0 Å². The lowest BCUT2D eigenvalue weighted by atomic mass is 9.93. The van der Waals surface area contributed by atoms with E-state index >= 15 is 0 Å². The van der Waals surface area contributed by atoms with Gasteiger partial charge in [0.2, 0.25) is 0 Å². The van der Waals surface area contributed by atoms with E-state index in [1.54, 1.807) is 0 Å². The number of aryl methyl sites for hydroxylation is 2. The van der Waals surface area contributed by atoms with Gasteiger partial charge in [0.15, 0.2) is 0 Å². The number of hydrogen-bond donors (Lipinski definition) is 0. The maximum atomic E-state index is 4.89. The Bertz CT molecular complexity index is 910. The van der Waals surface area contributed by atoms with Gasteiger partial charge in [-0.25, -0.2) is 19.9 Å². The van der Waals surface area contributed by atoms with E-state index in [1.807, 2.05) is 56.3 Å². The predicted octanol–water partition coefficient (Wildman–Crippen LogP) is 2.67. The van der Waals surface area contributed by atoms with Gasteiger partial charge in [-0.2, -0.15) is 0 Å². The lowest BCUT2D eigenvalue weighted by Crippen LogP contribution is -2.33. The standard InChI is InChI=1S/C19H23N7/c1-13-21-7-4-19(23-13)26-8-5-15(6-9-26)16-10-20-11-17(24-16)18-12-22-14(2)25(18)3/h4,7,10-12,15H,5-6,8-9H2,1-3H3. The highest BCUT2D eigenvalue weighted by molar-refractivity contribution is 5.53. The Labute approximate surface area is 153 Å². The van der Waals surface area contributed by atoms with Crippen molar-refractivity contribution in [3.05, 3.63) is 48.2 Å². The quantitative estimate of drug-likeness (QED) is 0.724. The van der Waals surface area contributed by atoms with Crippen molar-refractivity contribution in [1.29, 1.82) is 0 Å². The van der Waals surface area contributed by atoms with Crippen LogP contribution in [-0.4, -0.2) is 42.6 Å². The van der Waals surface area contributed by atoms with Crippen molar-refractivity contribution in [3.8, 4) is 11.4 Å². The molecule has 1 aliphatic heterocycles. The van der Waals surface area contributed by atoms with Crippen molar-refractivity contribution in [2.24, 2.45) is 7.05 Å². The molecule has 0 aromatic carbocycles. The van der Waals surface area contributed by atoms with Crippen molar-refractivity contribution >= 4 is 5.82 Å². The van der Waals surface area contributed by atoms with Gasteiger partial charge >= 0.3 is 0 Å². The molecule has 3 aromatic rings. The number of piperidine rings is 1. The van der Waals surface area contributed by atoms with E-state index in [-0.39, 0.29) is 0 Å². The molecule has 0 aliphatic carbocycles. The molecule has 7 heteroatoms. The highest BCUT2D eigenvalue weighted by Gasteiger charge is 2.23. The average molecular weight is 349 g/mol. The minimum atomic E-state index is 0.427. The monoisotopic (exact) mass is 349 g/mol. The van der Waals surface area contributed by atoms with Gasteiger partial charge in [0.1, 0.15) is 23.2 Å². The van der Waals surface area contributed by atoms with Gasteiger partial charge in [0.05, 0.1) is 23.8 Å². The first-order valence-electron chi connectivity index (χ1n) is 8.97. The Hall–Kier alpha value is -2.83. The Morgan fingerprint density at radius 1 is 1.00 bits per heavy atom. The second kappa shape index (κ2) is 6.82. The first-order chi connectivity index (χ1) is 12.6. The van der Waals surface area contributed by atoms with Crippen LogP contribution in [0.25, 0.3) is 11.4 Å². The van der Waals surface area contributed by atoms with Crippen LogP contribution in [0.15, 0.2) is 30.9 Å². The van der Waals surface area contributed by atoms with Crippen LogP contribution in [0.1, 0.15) is 36.1 Å². The lowest BCUT2D eigenvalue weighted by Gasteiger charge is -2.32. The van der Waals surface area contributed by atoms with E-state index < -0.39 is 0 Å². The molecule has 0 amide bonds. The molecule has 0 N–H and O–H groups in total. The minimum absolute atomic E-state index is 0.427. The summed E-state index contributed by atoms with van der Waals surface area (Å²) in [6.45, 7) is 5.86. The molecule has 1 saturated heterocycles. The van der Waals surface area contributed by atoms with Crippen molar-refractivity contribution < 1.29 is 0 Å². The maximum absolute atomic E-state index is 4.89. The summed E-state index contributed by atoms with van der Waals surface area (Å²) in [5, 5.41) is 0. The van der Waals surface area contributed by atoms with Crippen molar-refractivity contribution in [2.45, 2.75) is 32.6 Å². The fourth-order valence-corrected chi connectivity index (χ4v) is 3.47. The first-order valence-corrected chi connectivity index (χ1v) is 8.97. The van der Waals surface area contributed by atoms with Crippen LogP contribution in [0.2, 0.25) is 0 Å². The zero-order valence-electron chi connectivity index (χ0n) is 15.4. The molecule has 4 rings (SSSR count). The molecule has 4 heterocycles. The van der Waals surface area contributed by atoms with Gasteiger partial charge in [-0.05, 0) is 32.8 Å². The third-order valence-electron chi connectivity index (χ3n) is 5.13. The molecule has 1 fully saturated rings. The fourth-order valence-electron chi connectivity index (χ4n) is 3.47. The molecule has 26 heavy (non-hydrogen) atoms. The van der Waals surface area contributed by atoms with Gasteiger partial charge in [-0.3, -0.25) is 4.98 Å². The first kappa shape index (κ1) is 16.6. The second-order valence-corrected chi connectivity index (χ2v) is 6.80. The number of nitrogens with zero attached hydrogens (tertiary/aromatic N) is 7. The summed E-state index contributed by atoms with van der Waals surface area (Å²) < 4.78 is 2.05. The van der Waals surface area contributed by atoms with Crippen LogP contribution in [0.5, 0.6) is 0 Å². The van der Waals surface area contributed by atoms with Crippen LogP contribution in [-0.2, 0) is 7.05 Å². The third-order valence-corrected chi connectivity index (χ3v) is 5.13. The molecular formula is C19H23N7. The highest BCUT2D eigenvalue weighted by Crippen LogP contribution is 2.29. The average Bonchev–Trinajstić information content (AvgIpc) is 3.01. The van der Waals surface area contributed by atoms with Crippen LogP contribution in [0.4, 0.5) is 5.82 Å². The summed E-state index contributed by atoms with van der Waals surface area (Å²) in [7, 11) is 2.01. The Morgan fingerprint density at radius 3 is 2.50 bits per heavy atom. The van der Waals surface area contributed by atoms with Gasteiger partial charge < -0.3 is 9.47 Å². The van der Waals surface area contributed by atoms with E-state index in [1.165, 1.54) is 0 Å². The Kier molecular flexibility index (Phi) is 4.36. The van der Waals surface area contributed by atoms with Crippen molar-refractivity contribution in [1.82, 2.24) is 29.5 Å². The topological polar surface area (TPSA) is 72.6 Å². The lowest BCUT2D eigenvalue weighted by molar-refractivity contribution is 0.492. The van der Waals surface area contributed by atoms with E-state index in [4.69, 9.17) is 4.98 Å². The van der Waals surface area contributed by atoms with Crippen molar-refractivity contribution in [2.75, 3.05) is 18.0 Å². The Morgan fingerprint density at radius 2 is 1.81 bits per heavy atom. The Balaban J connectivity index is 1.50. The number of imidazole rings is 1. The number of aromatic nitrogens is 6. The van der Waals surface area contributed by atoms with Crippen LogP contribution in [0.3, 0.4) is 0 Å². The fraction of sp³-hybridized carbons (Fsp3) is 0.421. The predicted molar refractivity (Wildman–Crippen MR) is 99.9 cm³/mol. The van der Waals surface area contributed by atoms with Gasteiger partial charge in [-0.1, -0.05) is 0 Å². The molecule has 1 aliphatic rings. The molecule has 0 spiro atoms. The molecule has 0 unspecified atom stereocenters. The maximum Gasteiger partial charge on any atom is 0.132 e. The number of anilines is 1. The zero-order valence-corrected chi connectivity index (χ0v) is 15.4. The summed E-state index contributed by atoms with van der Waals surface area (Å²) in [4.78, 5) is 24.7. The molecule has 7 nitrogen and oxygen atoms in total. The molecule has 0 saturated carbocycles. The highest BCUT2D eigenvalue weighted by atomic mass is 15.2. The van der Waals surface area contributed by atoms with Crippen LogP contribution in [0, 0.1) is 13.8 Å². The van der Waals surface area contributed by atoms with E-state index in [0.717, 1.165) is 60.5 Å². The van der Waals surface area contributed by atoms with E-state index in [0.29, 0.717) is 5.92 Å². The largest absolute Gasteiger partial charge is 0.356 e. The summed E-state index contributed by atoms with van der Waals surface area (Å²) in [5.74, 6) is 3.23. The molecule has 3 aromatic heterocycles. The number of hydrogen-bond acceptors (Lipinski definition) is 6. The summed E-state index contributed by atoms with van der Waals surface area (Å²) in [5.41, 5.74) is 2.96. The third kappa shape index (κ3) is 3.16. The number of rotatable bonds is 3. The second-order valence-electron chi connectivity index (χ2n) is 6.80. The van der Waals surface area contributed by atoms with Crippen LogP contribution >= 0.6 is 0 Å². The van der Waals surface area contributed by atoms with Crippen LogP contribution < -0.4 is 4.90 Å².